The fraction of sp³-hybridized carbons (Fsp3) is 0.538. The number of nitrogens with one attached hydrogen (secondary N) is 1. The van der Waals surface area contributed by atoms with E-state index in [4.69, 9.17) is 11.6 Å². The SMILES string of the molecule is Cc1cc(Cl)ccc1C1CC(C)NC1C. The third kappa shape index (κ3) is 2.19. The van der Waals surface area contributed by atoms with Gasteiger partial charge >= 0.3 is 0 Å². The quantitative estimate of drug-likeness (QED) is 0.769. The van der Waals surface area contributed by atoms with Gasteiger partial charge in [0.25, 0.3) is 0 Å². The van der Waals surface area contributed by atoms with Crippen molar-refractivity contribution in [3.8, 4) is 0 Å². The molecule has 1 aliphatic rings. The fourth-order valence-corrected chi connectivity index (χ4v) is 2.90. The Bertz CT molecular complexity index is 362. The smallest absolute Gasteiger partial charge is 0.0408 e. The van der Waals surface area contributed by atoms with Crippen molar-refractivity contribution in [3.05, 3.63) is 34.3 Å². The molecule has 2 heteroatoms. The van der Waals surface area contributed by atoms with E-state index in [0.29, 0.717) is 18.0 Å². The van der Waals surface area contributed by atoms with Gasteiger partial charge in [0.05, 0.1) is 0 Å². The lowest BCUT2D eigenvalue weighted by Crippen LogP contribution is -2.26. The summed E-state index contributed by atoms with van der Waals surface area (Å²) in [6.07, 6.45) is 1.23. The van der Waals surface area contributed by atoms with Crippen LogP contribution in [-0.2, 0) is 0 Å². The van der Waals surface area contributed by atoms with Gasteiger partial charge < -0.3 is 5.32 Å². The zero-order valence-corrected chi connectivity index (χ0v) is 10.3. The van der Waals surface area contributed by atoms with E-state index >= 15 is 0 Å². The molecular formula is C13H18ClN. The Balaban J connectivity index is 2.29. The van der Waals surface area contributed by atoms with Gasteiger partial charge in [0.2, 0.25) is 0 Å². The van der Waals surface area contributed by atoms with Crippen LogP contribution in [0.2, 0.25) is 5.02 Å². The summed E-state index contributed by atoms with van der Waals surface area (Å²) >= 11 is 5.97. The highest BCUT2D eigenvalue weighted by Gasteiger charge is 2.29. The van der Waals surface area contributed by atoms with E-state index in [1.54, 1.807) is 0 Å². The van der Waals surface area contributed by atoms with Gasteiger partial charge in [0.1, 0.15) is 0 Å². The predicted molar refractivity (Wildman–Crippen MR) is 65.6 cm³/mol. The Morgan fingerprint density at radius 3 is 2.60 bits per heavy atom. The first-order chi connectivity index (χ1) is 7.08. The maximum Gasteiger partial charge on any atom is 0.0408 e. The minimum atomic E-state index is 0.569. The van der Waals surface area contributed by atoms with Crippen LogP contribution in [0.3, 0.4) is 0 Å². The molecule has 1 fully saturated rings. The van der Waals surface area contributed by atoms with E-state index < -0.39 is 0 Å². The Kier molecular flexibility index (Phi) is 3.03. The van der Waals surface area contributed by atoms with Gasteiger partial charge in [-0.3, -0.25) is 0 Å². The van der Waals surface area contributed by atoms with Gasteiger partial charge in [0, 0.05) is 23.0 Å². The first-order valence-electron chi connectivity index (χ1n) is 5.60. The molecule has 0 amide bonds. The zero-order valence-electron chi connectivity index (χ0n) is 9.55. The molecule has 0 aromatic heterocycles. The van der Waals surface area contributed by atoms with Crippen LogP contribution in [0.15, 0.2) is 18.2 Å². The van der Waals surface area contributed by atoms with E-state index in [1.807, 2.05) is 6.07 Å². The van der Waals surface area contributed by atoms with Crippen molar-refractivity contribution in [2.75, 3.05) is 0 Å². The van der Waals surface area contributed by atoms with Crippen LogP contribution in [0.1, 0.15) is 37.3 Å². The molecule has 1 saturated heterocycles. The highest BCUT2D eigenvalue weighted by Crippen LogP contribution is 2.33. The summed E-state index contributed by atoms with van der Waals surface area (Å²) < 4.78 is 0. The number of halogens is 1. The minimum Gasteiger partial charge on any atom is -0.311 e. The number of aryl methyl sites for hydroxylation is 1. The van der Waals surface area contributed by atoms with E-state index in [9.17, 15) is 0 Å². The summed E-state index contributed by atoms with van der Waals surface area (Å²) in [7, 11) is 0. The highest BCUT2D eigenvalue weighted by atomic mass is 35.5. The minimum absolute atomic E-state index is 0.569. The fourth-order valence-electron chi connectivity index (χ4n) is 2.67. The van der Waals surface area contributed by atoms with Crippen LogP contribution in [0.5, 0.6) is 0 Å². The lowest BCUT2D eigenvalue weighted by atomic mass is 9.89. The molecule has 1 nitrogen and oxygen atoms in total. The van der Waals surface area contributed by atoms with E-state index in [0.717, 1.165) is 5.02 Å². The summed E-state index contributed by atoms with van der Waals surface area (Å²) in [6, 6.07) is 7.44. The lowest BCUT2D eigenvalue weighted by Gasteiger charge is -2.17. The Hall–Kier alpha value is -0.530. The maximum atomic E-state index is 5.97. The number of rotatable bonds is 1. The van der Waals surface area contributed by atoms with Crippen molar-refractivity contribution in [2.24, 2.45) is 0 Å². The van der Waals surface area contributed by atoms with Gasteiger partial charge in [-0.15, -0.1) is 0 Å². The molecule has 3 atom stereocenters. The molecule has 1 N–H and O–H groups in total. The molecule has 0 aliphatic carbocycles. The van der Waals surface area contributed by atoms with Crippen LogP contribution in [0, 0.1) is 6.92 Å². The summed E-state index contributed by atoms with van der Waals surface area (Å²) in [5.41, 5.74) is 2.76. The van der Waals surface area contributed by atoms with Crippen molar-refractivity contribution in [3.63, 3.8) is 0 Å². The van der Waals surface area contributed by atoms with Gasteiger partial charge in [-0.1, -0.05) is 17.7 Å². The molecule has 15 heavy (non-hydrogen) atoms. The molecule has 0 spiro atoms. The summed E-state index contributed by atoms with van der Waals surface area (Å²) in [6.45, 7) is 6.67. The van der Waals surface area contributed by atoms with Crippen LogP contribution in [0.4, 0.5) is 0 Å². The summed E-state index contributed by atoms with van der Waals surface area (Å²) in [4.78, 5) is 0. The number of hydrogen-bond acceptors (Lipinski definition) is 1. The van der Waals surface area contributed by atoms with Crippen molar-refractivity contribution in [2.45, 2.75) is 45.2 Å². The Morgan fingerprint density at radius 1 is 1.33 bits per heavy atom. The van der Waals surface area contributed by atoms with Gasteiger partial charge in [-0.2, -0.15) is 0 Å². The van der Waals surface area contributed by atoms with Crippen LogP contribution >= 0.6 is 11.6 Å². The second-order valence-corrected chi connectivity index (χ2v) is 5.14. The highest BCUT2D eigenvalue weighted by molar-refractivity contribution is 6.30. The van der Waals surface area contributed by atoms with E-state index in [2.05, 4.69) is 38.2 Å². The molecule has 0 radical (unpaired) electrons. The maximum absolute atomic E-state index is 5.97. The normalized spacial score (nSPS) is 30.8. The lowest BCUT2D eigenvalue weighted by molar-refractivity contribution is 0.573. The molecule has 1 aromatic rings. The molecule has 1 aliphatic heterocycles. The van der Waals surface area contributed by atoms with E-state index in [1.165, 1.54) is 17.5 Å². The Morgan fingerprint density at radius 2 is 2.07 bits per heavy atom. The first-order valence-corrected chi connectivity index (χ1v) is 5.98. The third-order valence-corrected chi connectivity index (χ3v) is 3.62. The van der Waals surface area contributed by atoms with Crippen LogP contribution in [0.25, 0.3) is 0 Å². The first kappa shape index (κ1) is 11.0. The van der Waals surface area contributed by atoms with Crippen molar-refractivity contribution in [1.82, 2.24) is 5.32 Å². The molecule has 0 saturated carbocycles. The van der Waals surface area contributed by atoms with Gasteiger partial charge in [0.15, 0.2) is 0 Å². The average Bonchev–Trinajstić information content (AvgIpc) is 2.45. The van der Waals surface area contributed by atoms with Gasteiger partial charge in [-0.05, 0) is 50.5 Å². The third-order valence-electron chi connectivity index (χ3n) is 3.39. The van der Waals surface area contributed by atoms with Crippen molar-refractivity contribution in [1.29, 1.82) is 0 Å². The zero-order chi connectivity index (χ0) is 11.0. The van der Waals surface area contributed by atoms with Crippen molar-refractivity contribution < 1.29 is 0 Å². The number of benzene rings is 1. The molecular weight excluding hydrogens is 206 g/mol. The van der Waals surface area contributed by atoms with E-state index in [-0.39, 0.29) is 0 Å². The molecule has 1 heterocycles. The molecule has 3 unspecified atom stereocenters. The molecule has 2 rings (SSSR count). The average molecular weight is 224 g/mol. The topological polar surface area (TPSA) is 12.0 Å². The second kappa shape index (κ2) is 4.15. The monoisotopic (exact) mass is 223 g/mol. The Labute approximate surface area is 96.8 Å². The molecule has 82 valence electrons. The summed E-state index contributed by atoms with van der Waals surface area (Å²) in [5, 5.41) is 4.41. The van der Waals surface area contributed by atoms with Crippen molar-refractivity contribution >= 4 is 11.6 Å². The molecule has 0 bridgehead atoms. The largest absolute Gasteiger partial charge is 0.311 e. The second-order valence-electron chi connectivity index (χ2n) is 4.70. The molecule has 1 aromatic carbocycles. The standard InChI is InChI=1S/C13H18ClN/c1-8-6-11(14)4-5-12(8)13-7-9(2)15-10(13)3/h4-6,9-10,13,15H,7H2,1-3H3. The van der Waals surface area contributed by atoms with Gasteiger partial charge in [-0.25, -0.2) is 0 Å². The summed E-state index contributed by atoms with van der Waals surface area (Å²) in [5.74, 6) is 0.636. The van der Waals surface area contributed by atoms with Crippen LogP contribution in [-0.4, -0.2) is 12.1 Å². The van der Waals surface area contributed by atoms with Crippen LogP contribution < -0.4 is 5.32 Å². The number of hydrogen-bond donors (Lipinski definition) is 1. The predicted octanol–water partition coefficient (Wildman–Crippen LogP) is 3.50.